The van der Waals surface area contributed by atoms with Crippen LogP contribution in [-0.2, 0) is 13.0 Å². The molecule has 0 radical (unpaired) electrons. The average molecular weight is 433 g/mol. The van der Waals surface area contributed by atoms with Crippen LogP contribution in [0.1, 0.15) is 18.5 Å². The van der Waals surface area contributed by atoms with Crippen LogP contribution in [0.3, 0.4) is 0 Å². The second kappa shape index (κ2) is 11.1. The molecule has 0 aliphatic rings. The van der Waals surface area contributed by atoms with E-state index in [0.29, 0.717) is 47.5 Å². The van der Waals surface area contributed by atoms with E-state index < -0.39 is 0 Å². The lowest BCUT2D eigenvalue weighted by atomic mass is 10.2. The first kappa shape index (κ1) is 23.0. The molecule has 1 aromatic heterocycles. The molecule has 3 aromatic rings. The van der Waals surface area contributed by atoms with Crippen molar-refractivity contribution in [3.8, 4) is 11.5 Å². The number of unbranched alkanes of at least 4 members (excludes halogenated alkanes) is 1. The monoisotopic (exact) mass is 432 g/mol. The first-order chi connectivity index (χ1) is 14.0. The maximum absolute atomic E-state index is 5.91. The van der Waals surface area contributed by atoms with E-state index in [4.69, 9.17) is 32.4 Å². The predicted octanol–water partition coefficient (Wildman–Crippen LogP) is 3.11. The zero-order chi connectivity index (χ0) is 20.6. The van der Waals surface area contributed by atoms with E-state index in [1.807, 2.05) is 12.5 Å². The Balaban J connectivity index is 0.00000320. The summed E-state index contributed by atoms with van der Waals surface area (Å²) in [6.45, 7) is 1.93. The average Bonchev–Trinajstić information content (AvgIpc) is 3.14. The number of rotatable bonds is 10. The number of ether oxygens (including phenoxy) is 2. The lowest BCUT2D eigenvalue weighted by Gasteiger charge is -2.12. The molecule has 8 N–H and O–H groups in total. The standard InChI is InChI=1S/C21H28N6O2.ClH/c22-15-3-5-18(24)20(11-15)28-9-2-1-8-27-14-26-13-17(27)7-10-29-21-12-16(23)4-6-19(21)25;/h3-6,11-14H,1-2,7-10,22-25H2;1H. The molecule has 2 aromatic carbocycles. The minimum Gasteiger partial charge on any atom is -0.491 e. The van der Waals surface area contributed by atoms with Gasteiger partial charge in [-0.05, 0) is 37.1 Å². The van der Waals surface area contributed by atoms with Gasteiger partial charge >= 0.3 is 0 Å². The third-order valence-electron chi connectivity index (χ3n) is 4.54. The normalized spacial score (nSPS) is 10.4. The number of nitrogens with two attached hydrogens (primary N) is 4. The summed E-state index contributed by atoms with van der Waals surface area (Å²) in [6, 6.07) is 10.5. The summed E-state index contributed by atoms with van der Waals surface area (Å²) in [6.07, 6.45) is 6.26. The summed E-state index contributed by atoms with van der Waals surface area (Å²) in [5.74, 6) is 1.24. The number of aromatic nitrogens is 2. The van der Waals surface area contributed by atoms with Gasteiger partial charge in [0.2, 0.25) is 0 Å². The number of benzene rings is 2. The van der Waals surface area contributed by atoms with E-state index in [0.717, 1.165) is 31.5 Å². The molecule has 0 saturated carbocycles. The second-order valence-corrected chi connectivity index (χ2v) is 6.83. The minimum absolute atomic E-state index is 0. The molecule has 0 fully saturated rings. The summed E-state index contributed by atoms with van der Waals surface area (Å²) >= 11 is 0. The van der Waals surface area contributed by atoms with Crippen molar-refractivity contribution in [3.05, 3.63) is 54.6 Å². The van der Waals surface area contributed by atoms with Gasteiger partial charge in [0.15, 0.2) is 0 Å². The van der Waals surface area contributed by atoms with Crippen molar-refractivity contribution < 1.29 is 9.47 Å². The molecular weight excluding hydrogens is 404 g/mol. The highest BCUT2D eigenvalue weighted by molar-refractivity contribution is 5.85. The number of halogens is 1. The van der Waals surface area contributed by atoms with Gasteiger partial charge < -0.3 is 37.0 Å². The molecule has 3 rings (SSSR count). The quantitative estimate of drug-likeness (QED) is 0.285. The fourth-order valence-corrected chi connectivity index (χ4v) is 2.94. The molecule has 0 aliphatic carbocycles. The van der Waals surface area contributed by atoms with E-state index in [9.17, 15) is 0 Å². The van der Waals surface area contributed by atoms with E-state index in [1.165, 1.54) is 0 Å². The van der Waals surface area contributed by atoms with Crippen LogP contribution >= 0.6 is 12.4 Å². The van der Waals surface area contributed by atoms with Crippen LogP contribution in [0, 0.1) is 0 Å². The van der Waals surface area contributed by atoms with Gasteiger partial charge in [-0.3, -0.25) is 0 Å². The molecule has 30 heavy (non-hydrogen) atoms. The Labute approximate surface area is 182 Å². The molecule has 0 atom stereocenters. The Morgan fingerprint density at radius 2 is 1.40 bits per heavy atom. The summed E-state index contributed by atoms with van der Waals surface area (Å²) in [7, 11) is 0. The fraction of sp³-hybridized carbons (Fsp3) is 0.286. The smallest absolute Gasteiger partial charge is 0.144 e. The molecule has 1 heterocycles. The highest BCUT2D eigenvalue weighted by Gasteiger charge is 2.06. The van der Waals surface area contributed by atoms with Gasteiger partial charge in [-0.25, -0.2) is 4.98 Å². The summed E-state index contributed by atoms with van der Waals surface area (Å²) in [5.41, 5.74) is 26.9. The van der Waals surface area contributed by atoms with E-state index in [-0.39, 0.29) is 12.4 Å². The van der Waals surface area contributed by atoms with Crippen molar-refractivity contribution in [2.24, 2.45) is 0 Å². The van der Waals surface area contributed by atoms with Gasteiger partial charge in [0.25, 0.3) is 0 Å². The van der Waals surface area contributed by atoms with Crippen molar-refractivity contribution in [1.82, 2.24) is 9.55 Å². The highest BCUT2D eigenvalue weighted by atomic mass is 35.5. The number of nitrogen functional groups attached to an aromatic ring is 4. The van der Waals surface area contributed by atoms with Crippen molar-refractivity contribution >= 4 is 35.2 Å². The van der Waals surface area contributed by atoms with Crippen LogP contribution in [0.5, 0.6) is 11.5 Å². The zero-order valence-electron chi connectivity index (χ0n) is 16.8. The van der Waals surface area contributed by atoms with Crippen LogP contribution in [0.4, 0.5) is 22.7 Å². The van der Waals surface area contributed by atoms with Crippen LogP contribution in [0.15, 0.2) is 48.9 Å². The Morgan fingerprint density at radius 3 is 2.03 bits per heavy atom. The van der Waals surface area contributed by atoms with E-state index >= 15 is 0 Å². The predicted molar refractivity (Wildman–Crippen MR) is 124 cm³/mol. The third-order valence-corrected chi connectivity index (χ3v) is 4.54. The SMILES string of the molecule is Cl.Nc1ccc(N)c(OCCCCn2cncc2CCOc2cc(N)ccc2N)c1. The van der Waals surface area contributed by atoms with Gasteiger partial charge in [0.1, 0.15) is 11.5 Å². The Kier molecular flexibility index (Phi) is 8.49. The molecule has 8 nitrogen and oxygen atoms in total. The van der Waals surface area contributed by atoms with Crippen molar-refractivity contribution in [2.45, 2.75) is 25.8 Å². The lowest BCUT2D eigenvalue weighted by Crippen LogP contribution is -2.09. The first-order valence-corrected chi connectivity index (χ1v) is 9.57. The molecule has 0 amide bonds. The van der Waals surface area contributed by atoms with Gasteiger partial charge in [-0.15, -0.1) is 12.4 Å². The van der Waals surface area contributed by atoms with Crippen LogP contribution < -0.4 is 32.4 Å². The number of imidazole rings is 1. The van der Waals surface area contributed by atoms with Crippen LogP contribution in [0.2, 0.25) is 0 Å². The fourth-order valence-electron chi connectivity index (χ4n) is 2.94. The van der Waals surface area contributed by atoms with E-state index in [2.05, 4.69) is 9.55 Å². The number of anilines is 4. The largest absolute Gasteiger partial charge is 0.491 e. The van der Waals surface area contributed by atoms with Crippen molar-refractivity contribution in [3.63, 3.8) is 0 Å². The molecule has 9 heteroatoms. The van der Waals surface area contributed by atoms with E-state index in [1.54, 1.807) is 36.4 Å². The van der Waals surface area contributed by atoms with Crippen molar-refractivity contribution in [1.29, 1.82) is 0 Å². The lowest BCUT2D eigenvalue weighted by molar-refractivity contribution is 0.303. The van der Waals surface area contributed by atoms with Gasteiger partial charge in [0, 0.05) is 48.4 Å². The summed E-state index contributed by atoms with van der Waals surface area (Å²) in [5, 5.41) is 0. The molecule has 0 saturated heterocycles. The van der Waals surface area contributed by atoms with Crippen LogP contribution in [0.25, 0.3) is 0 Å². The molecular formula is C21H29ClN6O2. The molecule has 0 unspecified atom stereocenters. The molecule has 0 spiro atoms. The maximum Gasteiger partial charge on any atom is 0.144 e. The second-order valence-electron chi connectivity index (χ2n) is 6.83. The highest BCUT2D eigenvalue weighted by Crippen LogP contribution is 2.25. The first-order valence-electron chi connectivity index (χ1n) is 9.57. The van der Waals surface area contributed by atoms with Crippen LogP contribution in [-0.4, -0.2) is 22.8 Å². The number of hydrogen-bond donors (Lipinski definition) is 4. The Morgan fingerprint density at radius 1 is 0.800 bits per heavy atom. The Hall–Kier alpha value is -3.26. The topological polar surface area (TPSA) is 140 Å². The minimum atomic E-state index is 0. The number of aryl methyl sites for hydroxylation is 1. The summed E-state index contributed by atoms with van der Waals surface area (Å²) < 4.78 is 13.6. The van der Waals surface area contributed by atoms with Crippen molar-refractivity contribution in [2.75, 3.05) is 36.1 Å². The zero-order valence-corrected chi connectivity index (χ0v) is 17.6. The Bertz CT molecular complexity index is 947. The van der Waals surface area contributed by atoms with Gasteiger partial charge in [-0.2, -0.15) is 0 Å². The molecule has 162 valence electrons. The third kappa shape index (κ3) is 6.38. The number of hydrogen-bond acceptors (Lipinski definition) is 7. The van der Waals surface area contributed by atoms with Gasteiger partial charge in [0.05, 0.1) is 30.9 Å². The summed E-state index contributed by atoms with van der Waals surface area (Å²) in [4.78, 5) is 4.25. The van der Waals surface area contributed by atoms with Gasteiger partial charge in [-0.1, -0.05) is 0 Å². The molecule has 0 aliphatic heterocycles. The number of nitrogens with zero attached hydrogens (tertiary/aromatic N) is 2. The molecule has 0 bridgehead atoms. The maximum atomic E-state index is 5.91.